The van der Waals surface area contributed by atoms with Gasteiger partial charge in [-0.1, -0.05) is 140 Å². The van der Waals surface area contributed by atoms with Gasteiger partial charge in [0.05, 0.1) is 5.00 Å². The minimum atomic E-state index is -0.586. The molecule has 1 aromatic carbocycles. The minimum absolute atomic E-state index is 0.586. The smallest absolute Gasteiger partial charge is 0.0951 e. The first kappa shape index (κ1) is 25.5. The van der Waals surface area contributed by atoms with Crippen LogP contribution in [-0.2, 0) is 6.42 Å². The molecule has 1 unspecified atom stereocenters. The molecule has 0 aromatic heterocycles. The third-order valence-electron chi connectivity index (χ3n) is 5.79. The van der Waals surface area contributed by atoms with Crippen molar-refractivity contribution < 1.29 is 0 Å². The van der Waals surface area contributed by atoms with E-state index in [0.717, 1.165) is 19.3 Å². The Bertz CT molecular complexity index is 443. The number of rotatable bonds is 19. The van der Waals surface area contributed by atoms with Crippen LogP contribution in [-0.4, -0.2) is 5.00 Å². The highest BCUT2D eigenvalue weighted by molar-refractivity contribution is 6.23. The molecule has 0 aliphatic heterocycles. The molecule has 0 saturated heterocycles. The third kappa shape index (κ3) is 15.4. The van der Waals surface area contributed by atoms with E-state index in [9.17, 15) is 0 Å². The zero-order chi connectivity index (χ0) is 20.3. The predicted octanol–water partition coefficient (Wildman–Crippen LogP) is 8.77. The van der Waals surface area contributed by atoms with Crippen LogP contribution in [0.2, 0.25) is 0 Å². The Kier molecular flexibility index (Phi) is 15.8. The van der Waals surface area contributed by atoms with E-state index in [4.69, 9.17) is 17.3 Å². The Hall–Kier alpha value is -0.530. The standard InChI is InChI=1S/C26H46ClN/c1-2-3-4-5-6-7-8-9-10-11-12-13-14-15-16-20-23-26(27,28)24-25-21-18-17-19-22-25/h17-19,21-22H,2-16,20,23-24,28H2,1H3. The summed E-state index contributed by atoms with van der Waals surface area (Å²) in [7, 11) is 0. The minimum Gasteiger partial charge on any atom is -0.312 e. The molecule has 0 radical (unpaired) electrons. The summed E-state index contributed by atoms with van der Waals surface area (Å²) >= 11 is 6.51. The van der Waals surface area contributed by atoms with Crippen molar-refractivity contribution in [3.63, 3.8) is 0 Å². The van der Waals surface area contributed by atoms with E-state index >= 15 is 0 Å². The first-order valence-corrected chi connectivity index (χ1v) is 12.5. The van der Waals surface area contributed by atoms with Crippen LogP contribution in [0.1, 0.15) is 122 Å². The highest BCUT2D eigenvalue weighted by Gasteiger charge is 2.21. The van der Waals surface area contributed by atoms with Gasteiger partial charge in [0.2, 0.25) is 0 Å². The van der Waals surface area contributed by atoms with Crippen LogP contribution in [0.25, 0.3) is 0 Å². The summed E-state index contributed by atoms with van der Waals surface area (Å²) in [5, 5.41) is 0. The SMILES string of the molecule is CCCCCCCCCCCCCCCCCCC(N)(Cl)Cc1ccccc1. The number of alkyl halides is 1. The summed E-state index contributed by atoms with van der Waals surface area (Å²) in [6.45, 7) is 2.29. The van der Waals surface area contributed by atoms with E-state index < -0.39 is 5.00 Å². The molecule has 0 bridgehead atoms. The molecule has 28 heavy (non-hydrogen) atoms. The van der Waals surface area contributed by atoms with Gasteiger partial charge in [-0.3, -0.25) is 0 Å². The van der Waals surface area contributed by atoms with E-state index in [1.807, 2.05) is 6.07 Å². The molecule has 1 aromatic rings. The van der Waals surface area contributed by atoms with Crippen molar-refractivity contribution >= 4 is 11.6 Å². The highest BCUT2D eigenvalue weighted by atomic mass is 35.5. The number of hydrogen-bond acceptors (Lipinski definition) is 1. The molecular formula is C26H46ClN. The second-order valence-corrected chi connectivity index (χ2v) is 9.50. The van der Waals surface area contributed by atoms with Crippen molar-refractivity contribution in [1.29, 1.82) is 0 Å². The van der Waals surface area contributed by atoms with Gasteiger partial charge in [0.15, 0.2) is 0 Å². The fourth-order valence-electron chi connectivity index (χ4n) is 3.99. The van der Waals surface area contributed by atoms with Crippen molar-refractivity contribution in [2.75, 3.05) is 0 Å². The van der Waals surface area contributed by atoms with Crippen LogP contribution in [0.3, 0.4) is 0 Å². The second-order valence-electron chi connectivity index (χ2n) is 8.75. The Morgan fingerprint density at radius 2 is 1.04 bits per heavy atom. The molecule has 0 aliphatic carbocycles. The molecular weight excluding hydrogens is 362 g/mol. The average Bonchev–Trinajstić information content (AvgIpc) is 2.68. The Morgan fingerprint density at radius 3 is 1.46 bits per heavy atom. The quantitative estimate of drug-likeness (QED) is 0.138. The van der Waals surface area contributed by atoms with Gasteiger partial charge in [0.1, 0.15) is 0 Å². The lowest BCUT2D eigenvalue weighted by atomic mass is 9.99. The predicted molar refractivity (Wildman–Crippen MR) is 127 cm³/mol. The van der Waals surface area contributed by atoms with Crippen LogP contribution >= 0.6 is 11.6 Å². The maximum absolute atomic E-state index is 6.51. The van der Waals surface area contributed by atoms with Crippen molar-refractivity contribution in [3.05, 3.63) is 35.9 Å². The molecule has 162 valence electrons. The fraction of sp³-hybridized carbons (Fsp3) is 0.769. The van der Waals surface area contributed by atoms with Crippen LogP contribution in [0.4, 0.5) is 0 Å². The van der Waals surface area contributed by atoms with Gasteiger partial charge >= 0.3 is 0 Å². The lowest BCUT2D eigenvalue weighted by molar-refractivity contribution is 0.486. The topological polar surface area (TPSA) is 26.0 Å². The number of unbranched alkanes of at least 4 members (excludes halogenated alkanes) is 15. The van der Waals surface area contributed by atoms with Crippen LogP contribution in [0.15, 0.2) is 30.3 Å². The molecule has 0 heterocycles. The van der Waals surface area contributed by atoms with E-state index in [1.165, 1.54) is 102 Å². The van der Waals surface area contributed by atoms with Gasteiger partial charge in [-0.05, 0) is 12.0 Å². The lowest BCUT2D eigenvalue weighted by Crippen LogP contribution is -2.35. The molecule has 0 spiro atoms. The Balaban J connectivity index is 1.83. The monoisotopic (exact) mass is 407 g/mol. The normalized spacial score (nSPS) is 13.5. The zero-order valence-electron chi connectivity index (χ0n) is 18.6. The molecule has 2 heteroatoms. The van der Waals surface area contributed by atoms with E-state index in [0.29, 0.717) is 0 Å². The molecule has 0 amide bonds. The summed E-state index contributed by atoms with van der Waals surface area (Å²) in [4.78, 5) is -0.586. The third-order valence-corrected chi connectivity index (χ3v) is 6.11. The maximum Gasteiger partial charge on any atom is 0.0951 e. The van der Waals surface area contributed by atoms with E-state index in [-0.39, 0.29) is 0 Å². The van der Waals surface area contributed by atoms with Gasteiger partial charge in [-0.15, -0.1) is 11.6 Å². The van der Waals surface area contributed by atoms with Crippen molar-refractivity contribution in [2.24, 2.45) is 5.73 Å². The Morgan fingerprint density at radius 1 is 0.643 bits per heavy atom. The maximum atomic E-state index is 6.51. The number of hydrogen-bond donors (Lipinski definition) is 1. The van der Waals surface area contributed by atoms with Gasteiger partial charge < -0.3 is 5.73 Å². The van der Waals surface area contributed by atoms with Crippen LogP contribution in [0.5, 0.6) is 0 Å². The molecule has 1 rings (SSSR count). The fourth-order valence-corrected chi connectivity index (χ4v) is 4.28. The molecule has 2 N–H and O–H groups in total. The number of halogens is 1. The molecule has 0 aliphatic rings. The molecule has 0 saturated carbocycles. The molecule has 1 nitrogen and oxygen atoms in total. The first-order valence-electron chi connectivity index (χ1n) is 12.2. The number of nitrogens with two attached hydrogens (primary N) is 1. The zero-order valence-corrected chi connectivity index (χ0v) is 19.3. The van der Waals surface area contributed by atoms with E-state index in [1.54, 1.807) is 0 Å². The Labute approximate surface area is 180 Å². The van der Waals surface area contributed by atoms with Gasteiger partial charge in [0.25, 0.3) is 0 Å². The van der Waals surface area contributed by atoms with Crippen LogP contribution in [0, 0.1) is 0 Å². The van der Waals surface area contributed by atoms with Crippen molar-refractivity contribution in [2.45, 2.75) is 127 Å². The van der Waals surface area contributed by atoms with Crippen molar-refractivity contribution in [1.82, 2.24) is 0 Å². The van der Waals surface area contributed by atoms with Gasteiger partial charge in [0, 0.05) is 6.42 Å². The van der Waals surface area contributed by atoms with Crippen molar-refractivity contribution in [3.8, 4) is 0 Å². The summed E-state index contributed by atoms with van der Waals surface area (Å²) in [6, 6.07) is 10.4. The highest BCUT2D eigenvalue weighted by Crippen LogP contribution is 2.23. The first-order chi connectivity index (χ1) is 13.6. The van der Waals surface area contributed by atoms with Crippen LogP contribution < -0.4 is 5.73 Å². The summed E-state index contributed by atoms with van der Waals surface area (Å²) in [5.41, 5.74) is 7.51. The molecule has 1 atom stereocenters. The summed E-state index contributed by atoms with van der Waals surface area (Å²) < 4.78 is 0. The largest absolute Gasteiger partial charge is 0.312 e. The summed E-state index contributed by atoms with van der Waals surface area (Å²) in [5.74, 6) is 0. The summed E-state index contributed by atoms with van der Waals surface area (Å²) in [6.07, 6.45) is 23.9. The van der Waals surface area contributed by atoms with E-state index in [2.05, 4.69) is 31.2 Å². The van der Waals surface area contributed by atoms with Gasteiger partial charge in [-0.2, -0.15) is 0 Å². The second kappa shape index (κ2) is 17.3. The number of benzene rings is 1. The lowest BCUT2D eigenvalue weighted by Gasteiger charge is -2.22. The van der Waals surface area contributed by atoms with Gasteiger partial charge in [-0.25, -0.2) is 0 Å². The average molecular weight is 408 g/mol. The molecule has 0 fully saturated rings.